The molecule has 1 heteroatoms. The highest BCUT2D eigenvalue weighted by Gasteiger charge is 2.35. The second kappa shape index (κ2) is 10.5. The lowest BCUT2D eigenvalue weighted by atomic mass is 9.81. The van der Waals surface area contributed by atoms with Crippen LogP contribution >= 0.6 is 0 Å². The summed E-state index contributed by atoms with van der Waals surface area (Å²) in [5.41, 5.74) is 12.9. The fourth-order valence-electron chi connectivity index (χ4n) is 8.60. The molecule has 10 rings (SSSR count). The maximum Gasteiger partial charge on any atom is 0.0353 e. The van der Waals surface area contributed by atoms with E-state index in [1.165, 1.54) is 98.7 Å². The average Bonchev–Trinajstić information content (AvgIpc) is 3.39. The Balaban J connectivity index is 1.31. The first-order valence-electron chi connectivity index (χ1n) is 17.1. The van der Waals surface area contributed by atoms with Crippen molar-refractivity contribution in [2.45, 2.75) is 19.3 Å². The van der Waals surface area contributed by atoms with Gasteiger partial charge >= 0.3 is 0 Å². The van der Waals surface area contributed by atoms with Gasteiger partial charge in [0.15, 0.2) is 0 Å². The SMILES string of the molecule is CC1(C)c2ccccc2-c2ccc(-c3ccc4c(-c5cccc6ccccc56)c5cnccc5c(-c5cccc6ccccc56)c4c3)cc21. The van der Waals surface area contributed by atoms with Crippen LogP contribution in [0.2, 0.25) is 0 Å². The summed E-state index contributed by atoms with van der Waals surface area (Å²) >= 11 is 0. The van der Waals surface area contributed by atoms with Gasteiger partial charge in [0.25, 0.3) is 0 Å². The molecule has 0 saturated carbocycles. The zero-order chi connectivity index (χ0) is 32.7. The summed E-state index contributed by atoms with van der Waals surface area (Å²) < 4.78 is 0. The van der Waals surface area contributed by atoms with E-state index < -0.39 is 0 Å². The monoisotopic (exact) mass is 623 g/mol. The summed E-state index contributed by atoms with van der Waals surface area (Å²) in [7, 11) is 0. The van der Waals surface area contributed by atoms with Crippen LogP contribution in [0.15, 0.2) is 164 Å². The lowest BCUT2D eigenvalue weighted by molar-refractivity contribution is 0.660. The molecule has 1 aliphatic rings. The molecule has 0 radical (unpaired) electrons. The number of hydrogen-bond donors (Lipinski definition) is 0. The average molecular weight is 624 g/mol. The molecule has 0 aliphatic heterocycles. The summed E-state index contributed by atoms with van der Waals surface area (Å²) in [5, 5.41) is 9.84. The van der Waals surface area contributed by atoms with Gasteiger partial charge in [-0.25, -0.2) is 0 Å². The molecule has 1 heterocycles. The van der Waals surface area contributed by atoms with Gasteiger partial charge in [-0.05, 0) is 112 Å². The molecule has 0 saturated heterocycles. The predicted octanol–water partition coefficient (Wildman–Crippen LogP) is 13.0. The second-order valence-electron chi connectivity index (χ2n) is 13.9. The molecule has 9 aromatic rings. The van der Waals surface area contributed by atoms with Crippen molar-refractivity contribution < 1.29 is 0 Å². The van der Waals surface area contributed by atoms with E-state index in [2.05, 4.69) is 172 Å². The van der Waals surface area contributed by atoms with Crippen LogP contribution in [0.1, 0.15) is 25.0 Å². The van der Waals surface area contributed by atoms with Crippen LogP contribution in [-0.2, 0) is 5.41 Å². The van der Waals surface area contributed by atoms with Gasteiger partial charge in [0.1, 0.15) is 0 Å². The Morgan fingerprint density at radius 2 is 0.939 bits per heavy atom. The zero-order valence-electron chi connectivity index (χ0n) is 27.5. The number of aromatic nitrogens is 1. The number of nitrogens with zero attached hydrogens (tertiary/aromatic N) is 1. The van der Waals surface area contributed by atoms with Crippen LogP contribution in [-0.4, -0.2) is 4.98 Å². The highest BCUT2D eigenvalue weighted by molar-refractivity contribution is 6.25. The van der Waals surface area contributed by atoms with E-state index in [0.717, 1.165) is 0 Å². The summed E-state index contributed by atoms with van der Waals surface area (Å²) in [6.07, 6.45) is 4.01. The molecule has 0 atom stereocenters. The molecular weight excluding hydrogens is 591 g/mol. The zero-order valence-corrected chi connectivity index (χ0v) is 27.5. The van der Waals surface area contributed by atoms with E-state index >= 15 is 0 Å². The molecule has 0 N–H and O–H groups in total. The molecule has 230 valence electrons. The Hall–Kier alpha value is -6.05. The third-order valence-corrected chi connectivity index (χ3v) is 11.0. The number of rotatable bonds is 3. The van der Waals surface area contributed by atoms with Crippen LogP contribution in [0.5, 0.6) is 0 Å². The molecule has 49 heavy (non-hydrogen) atoms. The smallest absolute Gasteiger partial charge is 0.0353 e. The molecule has 0 spiro atoms. The summed E-state index contributed by atoms with van der Waals surface area (Å²) in [6.45, 7) is 4.72. The quantitative estimate of drug-likeness (QED) is 0.178. The van der Waals surface area contributed by atoms with Crippen molar-refractivity contribution in [1.29, 1.82) is 0 Å². The van der Waals surface area contributed by atoms with Crippen LogP contribution in [0, 0.1) is 0 Å². The van der Waals surface area contributed by atoms with Crippen LogP contribution in [0.25, 0.3) is 87.6 Å². The predicted molar refractivity (Wildman–Crippen MR) is 208 cm³/mol. The van der Waals surface area contributed by atoms with Gasteiger partial charge in [0.2, 0.25) is 0 Å². The Morgan fingerprint density at radius 1 is 0.388 bits per heavy atom. The fourth-order valence-corrected chi connectivity index (χ4v) is 8.60. The van der Waals surface area contributed by atoms with Crippen molar-refractivity contribution >= 4 is 43.1 Å². The van der Waals surface area contributed by atoms with E-state index in [9.17, 15) is 0 Å². The van der Waals surface area contributed by atoms with Crippen molar-refractivity contribution in [3.8, 4) is 44.5 Å². The minimum absolute atomic E-state index is 0.0579. The topological polar surface area (TPSA) is 12.9 Å². The van der Waals surface area contributed by atoms with E-state index in [1.54, 1.807) is 0 Å². The summed E-state index contributed by atoms with van der Waals surface area (Å²) in [5.74, 6) is 0. The normalized spacial score (nSPS) is 13.3. The van der Waals surface area contributed by atoms with E-state index in [0.29, 0.717) is 0 Å². The summed E-state index contributed by atoms with van der Waals surface area (Å²) in [6, 6.07) is 56.1. The highest BCUT2D eigenvalue weighted by Crippen LogP contribution is 2.51. The largest absolute Gasteiger partial charge is 0.264 e. The third kappa shape index (κ3) is 4.09. The standard InChI is InChI=1S/C48H33N/c1-48(2)44-20-8-7-17-36(44)37-23-21-33(28-45(37)48)32-22-24-40-42(27-32)46(38-18-9-13-30-11-3-5-15-34(30)38)41-25-26-49-29-43(41)47(40)39-19-10-14-31-12-4-6-16-35(31)39/h3-29H,1-2H3. The molecule has 0 amide bonds. The first kappa shape index (κ1) is 28.0. The lowest BCUT2D eigenvalue weighted by Crippen LogP contribution is -2.14. The number of hydrogen-bond acceptors (Lipinski definition) is 1. The van der Waals surface area contributed by atoms with Crippen molar-refractivity contribution in [3.63, 3.8) is 0 Å². The minimum Gasteiger partial charge on any atom is -0.264 e. The maximum absolute atomic E-state index is 4.71. The van der Waals surface area contributed by atoms with Crippen LogP contribution < -0.4 is 0 Å². The van der Waals surface area contributed by atoms with Gasteiger partial charge in [-0.15, -0.1) is 0 Å². The lowest BCUT2D eigenvalue weighted by Gasteiger charge is -2.22. The molecular formula is C48H33N. The van der Waals surface area contributed by atoms with Gasteiger partial charge in [0.05, 0.1) is 0 Å². The van der Waals surface area contributed by atoms with Crippen molar-refractivity contribution in [2.75, 3.05) is 0 Å². The molecule has 1 nitrogen and oxygen atoms in total. The molecule has 0 unspecified atom stereocenters. The van der Waals surface area contributed by atoms with Crippen molar-refractivity contribution in [1.82, 2.24) is 4.98 Å². The van der Waals surface area contributed by atoms with Crippen molar-refractivity contribution in [2.24, 2.45) is 0 Å². The molecule has 8 aromatic carbocycles. The van der Waals surface area contributed by atoms with E-state index in [1.807, 2.05) is 6.20 Å². The van der Waals surface area contributed by atoms with Gasteiger partial charge in [-0.2, -0.15) is 0 Å². The van der Waals surface area contributed by atoms with Gasteiger partial charge < -0.3 is 0 Å². The summed E-state index contributed by atoms with van der Waals surface area (Å²) in [4.78, 5) is 4.71. The highest BCUT2D eigenvalue weighted by atomic mass is 14.6. The minimum atomic E-state index is -0.0579. The van der Waals surface area contributed by atoms with Crippen molar-refractivity contribution in [3.05, 3.63) is 175 Å². The molecule has 0 bridgehead atoms. The molecule has 0 fully saturated rings. The Kier molecular flexibility index (Phi) is 5.99. The first-order valence-corrected chi connectivity index (χ1v) is 17.1. The molecule has 1 aromatic heterocycles. The Morgan fingerprint density at radius 3 is 1.69 bits per heavy atom. The Bertz CT molecular complexity index is 2790. The Labute approximate surface area is 286 Å². The van der Waals surface area contributed by atoms with Crippen LogP contribution in [0.3, 0.4) is 0 Å². The number of benzene rings is 8. The first-order chi connectivity index (χ1) is 24.1. The van der Waals surface area contributed by atoms with Crippen LogP contribution in [0.4, 0.5) is 0 Å². The second-order valence-corrected chi connectivity index (χ2v) is 13.9. The van der Waals surface area contributed by atoms with E-state index in [4.69, 9.17) is 4.98 Å². The third-order valence-electron chi connectivity index (χ3n) is 11.0. The number of fused-ring (bicyclic) bond motifs is 7. The molecule has 1 aliphatic carbocycles. The van der Waals surface area contributed by atoms with Gasteiger partial charge in [-0.1, -0.05) is 147 Å². The van der Waals surface area contributed by atoms with Gasteiger partial charge in [0, 0.05) is 23.2 Å². The number of pyridine rings is 1. The fraction of sp³-hybridized carbons (Fsp3) is 0.0625. The van der Waals surface area contributed by atoms with E-state index in [-0.39, 0.29) is 5.41 Å². The van der Waals surface area contributed by atoms with Gasteiger partial charge in [-0.3, -0.25) is 4.98 Å². The maximum atomic E-state index is 4.71.